The topological polar surface area (TPSA) is 99.1 Å². The second-order valence-electron chi connectivity index (χ2n) is 9.17. The van der Waals surface area contributed by atoms with Gasteiger partial charge in [-0.05, 0) is 55.2 Å². The van der Waals surface area contributed by atoms with Crippen LogP contribution in [0.15, 0.2) is 63.1 Å². The van der Waals surface area contributed by atoms with Crippen molar-refractivity contribution in [1.29, 1.82) is 0 Å². The first kappa shape index (κ1) is 22.6. The fourth-order valence-electron chi connectivity index (χ4n) is 5.14. The van der Waals surface area contributed by atoms with Crippen molar-refractivity contribution in [2.75, 3.05) is 5.32 Å². The van der Waals surface area contributed by atoms with Crippen LogP contribution in [0.1, 0.15) is 43.2 Å². The second-order valence-corrected chi connectivity index (χ2v) is 10.7. The van der Waals surface area contributed by atoms with Gasteiger partial charge in [-0.2, -0.15) is 8.42 Å². The summed E-state index contributed by atoms with van der Waals surface area (Å²) in [6.45, 7) is 2.01. The zero-order valence-electron chi connectivity index (χ0n) is 18.8. The van der Waals surface area contributed by atoms with Crippen molar-refractivity contribution >= 4 is 27.5 Å². The van der Waals surface area contributed by atoms with Crippen molar-refractivity contribution in [3.8, 4) is 0 Å². The molecule has 1 amide bonds. The molecule has 0 spiro atoms. The van der Waals surface area contributed by atoms with Crippen LogP contribution < -0.4 is 5.32 Å². The monoisotopic (exact) mass is 483 g/mol. The van der Waals surface area contributed by atoms with E-state index in [-0.39, 0.29) is 46.4 Å². The largest absolute Gasteiger partial charge is 0.511 e. The summed E-state index contributed by atoms with van der Waals surface area (Å²) < 4.78 is 43.2. The van der Waals surface area contributed by atoms with Gasteiger partial charge < -0.3 is 15.3 Å². The predicted molar refractivity (Wildman–Crippen MR) is 126 cm³/mol. The summed E-state index contributed by atoms with van der Waals surface area (Å²) in [6, 6.07) is 10.7. The first-order valence-electron chi connectivity index (χ1n) is 11.5. The van der Waals surface area contributed by atoms with E-state index in [9.17, 15) is 22.7 Å². The molecular weight excluding hydrogens is 457 g/mol. The number of aliphatic hydroxyl groups is 1. The summed E-state index contributed by atoms with van der Waals surface area (Å²) in [5.74, 6) is -1.43. The van der Waals surface area contributed by atoms with Gasteiger partial charge in [-0.15, -0.1) is 4.40 Å². The molecule has 7 nitrogen and oxygen atoms in total. The standard InChI is InChI=1S/C25H26FN3O4S/c1-15-7-12-19-21(13-15)34(32,33)28-24(27-19)22-23(30)18-5-3-2-4-6-20(18)29(25(22)31)14-16-8-10-17(26)11-9-16/h7-13,18,20,30H,2-6,14H2,1H3,(H,27,28). The lowest BCUT2D eigenvalue weighted by molar-refractivity contribution is -0.132. The van der Waals surface area contributed by atoms with E-state index in [4.69, 9.17) is 0 Å². The van der Waals surface area contributed by atoms with Crippen LogP contribution in [0, 0.1) is 18.7 Å². The van der Waals surface area contributed by atoms with E-state index in [0.717, 1.165) is 36.8 Å². The van der Waals surface area contributed by atoms with E-state index >= 15 is 0 Å². The van der Waals surface area contributed by atoms with Gasteiger partial charge in [0.05, 0.1) is 5.69 Å². The number of halogens is 1. The Kier molecular flexibility index (Phi) is 5.67. The number of hydrogen-bond donors (Lipinski definition) is 2. The van der Waals surface area contributed by atoms with Crippen LogP contribution in [0.25, 0.3) is 0 Å². The lowest BCUT2D eigenvalue weighted by Gasteiger charge is -2.41. The minimum Gasteiger partial charge on any atom is -0.511 e. The van der Waals surface area contributed by atoms with Crippen molar-refractivity contribution in [3.63, 3.8) is 0 Å². The van der Waals surface area contributed by atoms with Crippen molar-refractivity contribution < 1.29 is 22.7 Å². The number of amidine groups is 1. The number of anilines is 1. The highest BCUT2D eigenvalue weighted by molar-refractivity contribution is 7.90. The SMILES string of the molecule is Cc1ccc2c(c1)S(=O)(=O)N=C(C1=C(O)C3CCCCCC3N(Cc3ccc(F)cc3)C1=O)N2. The fourth-order valence-corrected chi connectivity index (χ4v) is 6.35. The van der Waals surface area contributed by atoms with Gasteiger partial charge in [-0.1, -0.05) is 37.5 Å². The summed E-state index contributed by atoms with van der Waals surface area (Å²) in [6.07, 6.45) is 4.24. The molecule has 1 saturated carbocycles. The smallest absolute Gasteiger partial charge is 0.286 e. The summed E-state index contributed by atoms with van der Waals surface area (Å²) in [4.78, 5) is 15.5. The van der Waals surface area contributed by atoms with Crippen LogP contribution in [-0.2, 0) is 21.4 Å². The van der Waals surface area contributed by atoms with Gasteiger partial charge in [0, 0.05) is 18.5 Å². The fraction of sp³-hybridized carbons (Fsp3) is 0.360. The average Bonchev–Trinajstić information content (AvgIpc) is 3.05. The average molecular weight is 484 g/mol. The van der Waals surface area contributed by atoms with Gasteiger partial charge in [-0.3, -0.25) is 4.79 Å². The highest BCUT2D eigenvalue weighted by atomic mass is 32.2. The zero-order chi connectivity index (χ0) is 24.0. The molecule has 5 rings (SSSR count). The van der Waals surface area contributed by atoms with Crippen LogP contribution in [-0.4, -0.2) is 36.2 Å². The Morgan fingerprint density at radius 3 is 2.62 bits per heavy atom. The summed E-state index contributed by atoms with van der Waals surface area (Å²) in [5.41, 5.74) is 1.73. The normalized spacial score (nSPS) is 24.0. The Bertz CT molecular complexity index is 1320. The van der Waals surface area contributed by atoms with Crippen LogP contribution in [0.2, 0.25) is 0 Å². The van der Waals surface area contributed by atoms with E-state index in [1.807, 2.05) is 0 Å². The van der Waals surface area contributed by atoms with Crippen LogP contribution >= 0.6 is 0 Å². The van der Waals surface area contributed by atoms with Crippen molar-refractivity contribution in [1.82, 2.24) is 4.90 Å². The molecule has 0 bridgehead atoms. The highest BCUT2D eigenvalue weighted by Gasteiger charge is 2.44. The number of hydrogen-bond acceptors (Lipinski definition) is 5. The number of fused-ring (bicyclic) bond motifs is 2. The van der Waals surface area contributed by atoms with E-state index in [2.05, 4.69) is 9.71 Å². The third-order valence-corrected chi connectivity index (χ3v) is 8.16. The number of carbonyl (C=O) groups is 1. The molecule has 2 unspecified atom stereocenters. The number of benzene rings is 2. The first-order valence-corrected chi connectivity index (χ1v) is 12.9. The van der Waals surface area contributed by atoms with Gasteiger partial charge in [0.2, 0.25) is 0 Å². The minimum atomic E-state index is -4.06. The number of sulfonamides is 1. The Hall–Kier alpha value is -3.20. The number of amides is 1. The van der Waals surface area contributed by atoms with Gasteiger partial charge in [0.15, 0.2) is 5.84 Å². The lowest BCUT2D eigenvalue weighted by Crippen LogP contribution is -2.51. The third kappa shape index (κ3) is 3.98. The molecule has 1 fully saturated rings. The molecule has 0 saturated heterocycles. The molecule has 1 aliphatic carbocycles. The molecule has 2 atom stereocenters. The number of nitrogens with zero attached hydrogens (tertiary/aromatic N) is 2. The Labute approximate surface area is 198 Å². The number of carbonyl (C=O) groups excluding carboxylic acids is 1. The van der Waals surface area contributed by atoms with E-state index in [1.54, 1.807) is 36.1 Å². The lowest BCUT2D eigenvalue weighted by atomic mass is 9.84. The van der Waals surface area contributed by atoms with E-state index in [0.29, 0.717) is 12.1 Å². The van der Waals surface area contributed by atoms with Gasteiger partial charge in [-0.25, -0.2) is 4.39 Å². The van der Waals surface area contributed by atoms with Crippen molar-refractivity contribution in [3.05, 3.63) is 70.7 Å². The second kappa shape index (κ2) is 8.54. The molecule has 2 N–H and O–H groups in total. The molecule has 178 valence electrons. The zero-order valence-corrected chi connectivity index (χ0v) is 19.6. The molecule has 2 aromatic rings. The molecule has 3 aliphatic rings. The summed E-state index contributed by atoms with van der Waals surface area (Å²) >= 11 is 0. The number of nitrogens with one attached hydrogen (secondary N) is 1. The molecular formula is C25H26FN3O4S. The van der Waals surface area contributed by atoms with Crippen molar-refractivity contribution in [2.45, 2.75) is 56.5 Å². The Morgan fingerprint density at radius 2 is 1.85 bits per heavy atom. The molecule has 0 aromatic heterocycles. The third-order valence-electron chi connectivity index (χ3n) is 6.84. The van der Waals surface area contributed by atoms with Crippen LogP contribution in [0.3, 0.4) is 0 Å². The molecule has 2 aliphatic heterocycles. The minimum absolute atomic E-state index is 0.0371. The molecule has 0 radical (unpaired) electrons. The maximum Gasteiger partial charge on any atom is 0.286 e. The Balaban J connectivity index is 1.59. The quantitative estimate of drug-likeness (QED) is 0.672. The van der Waals surface area contributed by atoms with Gasteiger partial charge in [0.1, 0.15) is 22.0 Å². The number of aliphatic hydroxyl groups excluding tert-OH is 1. The van der Waals surface area contributed by atoms with E-state index < -0.39 is 15.9 Å². The maximum absolute atomic E-state index is 13.8. The molecule has 9 heteroatoms. The van der Waals surface area contributed by atoms with Gasteiger partial charge in [0.25, 0.3) is 15.9 Å². The first-order chi connectivity index (χ1) is 16.2. The van der Waals surface area contributed by atoms with Crippen LogP contribution in [0.4, 0.5) is 10.1 Å². The van der Waals surface area contributed by atoms with E-state index in [1.165, 1.54) is 18.2 Å². The van der Waals surface area contributed by atoms with Crippen LogP contribution in [0.5, 0.6) is 0 Å². The maximum atomic E-state index is 13.8. The van der Waals surface area contributed by atoms with Crippen molar-refractivity contribution in [2.24, 2.45) is 10.3 Å². The molecule has 2 aromatic carbocycles. The summed E-state index contributed by atoms with van der Waals surface area (Å²) in [5, 5.41) is 14.2. The number of rotatable bonds is 3. The number of aryl methyl sites for hydroxylation is 1. The molecule has 34 heavy (non-hydrogen) atoms. The summed E-state index contributed by atoms with van der Waals surface area (Å²) in [7, 11) is -4.06. The molecule has 2 heterocycles. The highest BCUT2D eigenvalue weighted by Crippen LogP contribution is 2.40. The predicted octanol–water partition coefficient (Wildman–Crippen LogP) is 4.45. The van der Waals surface area contributed by atoms with Gasteiger partial charge >= 0.3 is 0 Å². The Morgan fingerprint density at radius 1 is 1.12 bits per heavy atom.